The average molecular weight is 348 g/mol. The van der Waals surface area contributed by atoms with Gasteiger partial charge in [-0.05, 0) is 19.1 Å². The number of nitro groups is 2. The summed E-state index contributed by atoms with van der Waals surface area (Å²) in [5, 5.41) is 28.5. The Balaban J connectivity index is 2.00. The SMILES string of the molecule is Cc1nn(CC(=O)O/N=C(\N)c2ccc([N+](=O)[O-])cc2)cc1[N+](=O)[O-]. The molecule has 0 atom stereocenters. The highest BCUT2D eigenvalue weighted by atomic mass is 16.7. The third kappa shape index (κ3) is 4.34. The van der Waals surface area contributed by atoms with Gasteiger partial charge in [0.05, 0.1) is 9.85 Å². The number of carbonyl (C=O) groups excluding carboxylic acids is 1. The number of non-ortho nitro benzene ring substituents is 1. The molecular weight excluding hydrogens is 336 g/mol. The van der Waals surface area contributed by atoms with Gasteiger partial charge in [-0.25, -0.2) is 4.79 Å². The Morgan fingerprint density at radius 2 is 1.92 bits per heavy atom. The van der Waals surface area contributed by atoms with Crippen LogP contribution in [0.3, 0.4) is 0 Å². The van der Waals surface area contributed by atoms with Crippen molar-refractivity contribution in [1.29, 1.82) is 0 Å². The van der Waals surface area contributed by atoms with E-state index in [0.717, 1.165) is 10.9 Å². The molecule has 0 saturated carbocycles. The molecule has 1 aromatic carbocycles. The summed E-state index contributed by atoms with van der Waals surface area (Å²) in [6, 6.07) is 5.16. The van der Waals surface area contributed by atoms with Crippen LogP contribution >= 0.6 is 0 Å². The molecular formula is C13H12N6O6. The molecule has 12 nitrogen and oxygen atoms in total. The minimum Gasteiger partial charge on any atom is -0.380 e. The van der Waals surface area contributed by atoms with E-state index in [1.807, 2.05) is 0 Å². The molecule has 130 valence electrons. The molecule has 0 saturated heterocycles. The standard InChI is InChI=1S/C13H12N6O6/c1-8-11(19(23)24)6-17(15-8)7-12(20)25-16-13(14)9-2-4-10(5-3-9)18(21)22/h2-6H,7H2,1H3,(H2,14,16). The minimum absolute atomic E-state index is 0.121. The molecule has 0 aliphatic rings. The molecule has 12 heteroatoms. The van der Waals surface area contributed by atoms with Gasteiger partial charge in [0, 0.05) is 17.7 Å². The molecule has 0 fully saturated rings. The molecule has 2 rings (SSSR count). The normalized spacial score (nSPS) is 11.2. The zero-order valence-corrected chi connectivity index (χ0v) is 12.9. The van der Waals surface area contributed by atoms with Crippen molar-refractivity contribution in [3.05, 3.63) is 61.9 Å². The van der Waals surface area contributed by atoms with Crippen LogP contribution in [-0.2, 0) is 16.2 Å². The van der Waals surface area contributed by atoms with Gasteiger partial charge in [-0.1, -0.05) is 5.16 Å². The number of amidine groups is 1. The van der Waals surface area contributed by atoms with Crippen molar-refractivity contribution >= 4 is 23.2 Å². The second-order valence-electron chi connectivity index (χ2n) is 4.80. The lowest BCUT2D eigenvalue weighted by atomic mass is 10.2. The lowest BCUT2D eigenvalue weighted by Gasteiger charge is -2.01. The second kappa shape index (κ2) is 7.16. The van der Waals surface area contributed by atoms with Crippen LogP contribution in [0.5, 0.6) is 0 Å². The van der Waals surface area contributed by atoms with Gasteiger partial charge in [0.25, 0.3) is 5.69 Å². The first-order valence-electron chi connectivity index (χ1n) is 6.74. The van der Waals surface area contributed by atoms with Crippen LogP contribution < -0.4 is 5.73 Å². The number of hydrogen-bond acceptors (Lipinski definition) is 8. The van der Waals surface area contributed by atoms with Crippen molar-refractivity contribution in [2.45, 2.75) is 13.5 Å². The summed E-state index contributed by atoms with van der Waals surface area (Å²) in [5.74, 6) is -1.01. The van der Waals surface area contributed by atoms with Crippen molar-refractivity contribution in [1.82, 2.24) is 9.78 Å². The predicted molar refractivity (Wildman–Crippen MR) is 83.5 cm³/mol. The van der Waals surface area contributed by atoms with Crippen molar-refractivity contribution in [3.8, 4) is 0 Å². The summed E-state index contributed by atoms with van der Waals surface area (Å²) in [7, 11) is 0. The first-order chi connectivity index (χ1) is 11.8. The van der Waals surface area contributed by atoms with Gasteiger partial charge in [0.15, 0.2) is 5.84 Å². The summed E-state index contributed by atoms with van der Waals surface area (Å²) in [6.45, 7) is 1.04. The minimum atomic E-state index is -0.845. The summed E-state index contributed by atoms with van der Waals surface area (Å²) >= 11 is 0. The maximum Gasteiger partial charge on any atom is 0.356 e. The van der Waals surface area contributed by atoms with Gasteiger partial charge in [-0.3, -0.25) is 24.9 Å². The summed E-state index contributed by atoms with van der Waals surface area (Å²) in [4.78, 5) is 36.4. The molecule has 0 unspecified atom stereocenters. The Bertz CT molecular complexity index is 856. The molecule has 25 heavy (non-hydrogen) atoms. The van der Waals surface area contributed by atoms with Gasteiger partial charge in [-0.2, -0.15) is 5.10 Å². The first kappa shape index (κ1) is 17.5. The Labute approximate surface area is 139 Å². The fraction of sp³-hybridized carbons (Fsp3) is 0.154. The third-order valence-electron chi connectivity index (χ3n) is 3.03. The fourth-order valence-corrected chi connectivity index (χ4v) is 1.84. The average Bonchev–Trinajstić information content (AvgIpc) is 2.93. The number of nitrogens with two attached hydrogens (primary N) is 1. The molecule has 0 aliphatic heterocycles. The number of nitrogens with zero attached hydrogens (tertiary/aromatic N) is 5. The van der Waals surface area contributed by atoms with Crippen molar-refractivity contribution in [2.75, 3.05) is 0 Å². The number of rotatable bonds is 6. The molecule has 0 bridgehead atoms. The lowest BCUT2D eigenvalue weighted by Crippen LogP contribution is -2.17. The van der Waals surface area contributed by atoms with Gasteiger partial charge in [0.2, 0.25) is 0 Å². The van der Waals surface area contributed by atoms with Crippen LogP contribution in [0.1, 0.15) is 11.3 Å². The van der Waals surface area contributed by atoms with Crippen LogP contribution in [0.4, 0.5) is 11.4 Å². The van der Waals surface area contributed by atoms with Crippen molar-refractivity contribution < 1.29 is 19.5 Å². The van der Waals surface area contributed by atoms with Crippen LogP contribution in [0.25, 0.3) is 0 Å². The zero-order valence-electron chi connectivity index (χ0n) is 12.9. The number of aryl methyl sites for hydroxylation is 1. The van der Waals surface area contributed by atoms with Crippen molar-refractivity contribution in [3.63, 3.8) is 0 Å². The topological polar surface area (TPSA) is 169 Å². The van der Waals surface area contributed by atoms with E-state index in [2.05, 4.69) is 15.1 Å². The predicted octanol–water partition coefficient (Wildman–Crippen LogP) is 0.872. The lowest BCUT2D eigenvalue weighted by molar-refractivity contribution is -0.385. The molecule has 0 aliphatic carbocycles. The van der Waals surface area contributed by atoms with Gasteiger partial charge in [-0.15, -0.1) is 0 Å². The van der Waals surface area contributed by atoms with Crippen LogP contribution in [0.2, 0.25) is 0 Å². The van der Waals surface area contributed by atoms with E-state index in [9.17, 15) is 25.0 Å². The van der Waals surface area contributed by atoms with Gasteiger partial charge in [0.1, 0.15) is 18.4 Å². The fourth-order valence-electron chi connectivity index (χ4n) is 1.84. The van der Waals surface area contributed by atoms with E-state index in [-0.39, 0.29) is 22.9 Å². The molecule has 0 radical (unpaired) electrons. The van der Waals surface area contributed by atoms with E-state index in [1.54, 1.807) is 0 Å². The zero-order chi connectivity index (χ0) is 18.6. The molecule has 2 aromatic rings. The highest BCUT2D eigenvalue weighted by molar-refractivity contribution is 5.97. The Kier molecular flexibility index (Phi) is 5.02. The molecule has 1 aromatic heterocycles. The number of hydrogen-bond donors (Lipinski definition) is 1. The quantitative estimate of drug-likeness (QED) is 0.263. The number of aromatic nitrogens is 2. The maximum absolute atomic E-state index is 11.7. The highest BCUT2D eigenvalue weighted by Crippen LogP contribution is 2.15. The number of carbonyl (C=O) groups is 1. The maximum atomic E-state index is 11.7. The molecule has 2 N–H and O–H groups in total. The summed E-state index contributed by atoms with van der Waals surface area (Å²) < 4.78 is 1.05. The number of nitro benzene ring substituents is 1. The monoisotopic (exact) mass is 348 g/mol. The smallest absolute Gasteiger partial charge is 0.356 e. The van der Waals surface area contributed by atoms with Gasteiger partial charge < -0.3 is 10.6 Å². The largest absolute Gasteiger partial charge is 0.380 e. The highest BCUT2D eigenvalue weighted by Gasteiger charge is 2.17. The van der Waals surface area contributed by atoms with E-state index in [1.165, 1.54) is 31.2 Å². The molecule has 0 amide bonds. The van der Waals surface area contributed by atoms with Crippen LogP contribution in [0, 0.1) is 27.2 Å². The van der Waals surface area contributed by atoms with Crippen LogP contribution in [0.15, 0.2) is 35.6 Å². The van der Waals surface area contributed by atoms with E-state index >= 15 is 0 Å². The Morgan fingerprint density at radius 3 is 2.44 bits per heavy atom. The third-order valence-corrected chi connectivity index (χ3v) is 3.03. The molecule has 0 spiro atoms. The summed E-state index contributed by atoms with van der Waals surface area (Å²) in [5.41, 5.74) is 5.76. The number of benzene rings is 1. The van der Waals surface area contributed by atoms with Crippen LogP contribution in [-0.4, -0.2) is 31.4 Å². The van der Waals surface area contributed by atoms with E-state index in [4.69, 9.17) is 5.73 Å². The van der Waals surface area contributed by atoms with E-state index in [0.29, 0.717) is 5.56 Å². The summed E-state index contributed by atoms with van der Waals surface area (Å²) in [6.07, 6.45) is 1.10. The first-order valence-corrected chi connectivity index (χ1v) is 6.74. The van der Waals surface area contributed by atoms with Crippen molar-refractivity contribution in [2.24, 2.45) is 10.9 Å². The number of oxime groups is 1. The van der Waals surface area contributed by atoms with E-state index < -0.39 is 22.4 Å². The molecule has 1 heterocycles. The van der Waals surface area contributed by atoms with Gasteiger partial charge >= 0.3 is 11.7 Å². The second-order valence-corrected chi connectivity index (χ2v) is 4.80. The Morgan fingerprint density at radius 1 is 1.28 bits per heavy atom. The Hall–Kier alpha value is -3.83.